The van der Waals surface area contributed by atoms with E-state index in [1.165, 1.54) is 17.8 Å². The van der Waals surface area contributed by atoms with Crippen molar-refractivity contribution in [2.24, 2.45) is 0 Å². The molecule has 26 heavy (non-hydrogen) atoms. The fraction of sp³-hybridized carbons (Fsp3) is 0.316. The van der Waals surface area contributed by atoms with E-state index in [4.69, 9.17) is 4.74 Å². The number of rotatable bonds is 7. The zero-order chi connectivity index (χ0) is 19.2. The van der Waals surface area contributed by atoms with Gasteiger partial charge in [-0.1, -0.05) is 12.1 Å². The minimum absolute atomic E-state index is 0.178. The van der Waals surface area contributed by atoms with Crippen molar-refractivity contribution in [1.82, 2.24) is 5.32 Å². The SMILES string of the molecule is CCOc1ccc(SCC(=O)NC(C)c2cccc(C(F)(F)F)c2)cc1. The van der Waals surface area contributed by atoms with E-state index in [0.717, 1.165) is 22.8 Å². The molecule has 0 saturated carbocycles. The molecule has 0 heterocycles. The van der Waals surface area contributed by atoms with Crippen LogP contribution in [0.3, 0.4) is 0 Å². The highest BCUT2D eigenvalue weighted by Crippen LogP contribution is 2.30. The lowest BCUT2D eigenvalue weighted by atomic mass is 10.0. The second-order valence-corrected chi connectivity index (χ2v) is 6.65. The molecule has 0 aliphatic carbocycles. The first kappa shape index (κ1) is 20.2. The molecule has 0 aliphatic heterocycles. The van der Waals surface area contributed by atoms with Crippen LogP contribution in [0.4, 0.5) is 13.2 Å². The molecular weight excluding hydrogens is 363 g/mol. The molecule has 0 aliphatic rings. The molecule has 3 nitrogen and oxygen atoms in total. The van der Waals surface area contributed by atoms with Gasteiger partial charge in [-0.2, -0.15) is 13.2 Å². The molecule has 0 bridgehead atoms. The predicted octanol–water partition coefficient (Wildman–Crippen LogP) is 5.07. The van der Waals surface area contributed by atoms with Gasteiger partial charge in [-0.3, -0.25) is 4.79 Å². The maximum atomic E-state index is 12.8. The smallest absolute Gasteiger partial charge is 0.416 e. The van der Waals surface area contributed by atoms with Crippen LogP contribution >= 0.6 is 11.8 Å². The van der Waals surface area contributed by atoms with Gasteiger partial charge in [0, 0.05) is 4.90 Å². The zero-order valence-corrected chi connectivity index (χ0v) is 15.3. The fourth-order valence-electron chi connectivity index (χ4n) is 2.30. The number of thioether (sulfide) groups is 1. The number of hydrogen-bond donors (Lipinski definition) is 1. The quantitative estimate of drug-likeness (QED) is 0.678. The molecule has 1 amide bonds. The van der Waals surface area contributed by atoms with Crippen LogP contribution in [0, 0.1) is 0 Å². The molecule has 140 valence electrons. The number of benzene rings is 2. The van der Waals surface area contributed by atoms with Crippen molar-refractivity contribution in [1.29, 1.82) is 0 Å². The van der Waals surface area contributed by atoms with E-state index >= 15 is 0 Å². The van der Waals surface area contributed by atoms with Gasteiger partial charge >= 0.3 is 6.18 Å². The third-order valence-corrected chi connectivity index (χ3v) is 4.61. The van der Waals surface area contributed by atoms with Crippen molar-refractivity contribution in [2.75, 3.05) is 12.4 Å². The van der Waals surface area contributed by atoms with Crippen LogP contribution in [0.5, 0.6) is 5.75 Å². The minimum atomic E-state index is -4.40. The van der Waals surface area contributed by atoms with Gasteiger partial charge in [0.2, 0.25) is 5.91 Å². The van der Waals surface area contributed by atoms with E-state index in [1.54, 1.807) is 13.0 Å². The van der Waals surface area contributed by atoms with Crippen LogP contribution in [-0.4, -0.2) is 18.3 Å². The summed E-state index contributed by atoms with van der Waals surface area (Å²) in [6.45, 7) is 4.15. The molecule has 1 unspecified atom stereocenters. The van der Waals surface area contributed by atoms with Crippen molar-refractivity contribution in [2.45, 2.75) is 31.0 Å². The number of nitrogens with one attached hydrogen (secondary N) is 1. The number of ether oxygens (including phenoxy) is 1. The summed E-state index contributed by atoms with van der Waals surface area (Å²) < 4.78 is 43.7. The highest BCUT2D eigenvalue weighted by molar-refractivity contribution is 8.00. The van der Waals surface area contributed by atoms with Crippen LogP contribution < -0.4 is 10.1 Å². The Morgan fingerprint density at radius 3 is 2.50 bits per heavy atom. The standard InChI is InChI=1S/C19H20F3NO2S/c1-3-25-16-7-9-17(10-8-16)26-12-18(24)23-13(2)14-5-4-6-15(11-14)19(20,21)22/h4-11,13H,3,12H2,1-2H3,(H,23,24). The van der Waals surface area contributed by atoms with E-state index in [1.807, 2.05) is 31.2 Å². The number of halogens is 3. The first-order valence-electron chi connectivity index (χ1n) is 8.11. The first-order chi connectivity index (χ1) is 12.3. The average Bonchev–Trinajstić information content (AvgIpc) is 2.61. The van der Waals surface area contributed by atoms with Crippen molar-refractivity contribution < 1.29 is 22.7 Å². The fourth-order valence-corrected chi connectivity index (χ4v) is 3.01. The normalized spacial score (nSPS) is 12.5. The molecule has 2 aromatic rings. The molecule has 0 spiro atoms. The molecule has 1 N–H and O–H groups in total. The Morgan fingerprint density at radius 2 is 1.88 bits per heavy atom. The van der Waals surface area contributed by atoms with E-state index in [-0.39, 0.29) is 11.7 Å². The van der Waals surface area contributed by atoms with Crippen molar-refractivity contribution in [3.8, 4) is 5.75 Å². The number of amides is 1. The molecule has 2 aromatic carbocycles. The molecular formula is C19H20F3NO2S. The van der Waals surface area contributed by atoms with E-state index < -0.39 is 17.8 Å². The summed E-state index contributed by atoms with van der Waals surface area (Å²) in [4.78, 5) is 13.0. The van der Waals surface area contributed by atoms with Gasteiger partial charge in [0.15, 0.2) is 0 Å². The number of hydrogen-bond acceptors (Lipinski definition) is 3. The summed E-state index contributed by atoms with van der Waals surface area (Å²) in [6, 6.07) is 11.9. The summed E-state index contributed by atoms with van der Waals surface area (Å²) in [6.07, 6.45) is -4.40. The van der Waals surface area contributed by atoms with Crippen molar-refractivity contribution in [3.05, 3.63) is 59.7 Å². The van der Waals surface area contributed by atoms with Gasteiger partial charge in [0.1, 0.15) is 5.75 Å². The summed E-state index contributed by atoms with van der Waals surface area (Å²) in [5, 5.41) is 2.72. The third-order valence-electron chi connectivity index (χ3n) is 3.60. The lowest BCUT2D eigenvalue weighted by Gasteiger charge is -2.16. The summed E-state index contributed by atoms with van der Waals surface area (Å²) in [7, 11) is 0. The molecule has 0 aromatic heterocycles. The van der Waals surface area contributed by atoms with Crippen molar-refractivity contribution >= 4 is 17.7 Å². The summed E-state index contributed by atoms with van der Waals surface area (Å²) >= 11 is 1.35. The Balaban J connectivity index is 1.89. The topological polar surface area (TPSA) is 38.3 Å². The van der Waals surface area contributed by atoms with Crippen LogP contribution in [-0.2, 0) is 11.0 Å². The number of carbonyl (C=O) groups is 1. The zero-order valence-electron chi connectivity index (χ0n) is 14.5. The first-order valence-corrected chi connectivity index (χ1v) is 9.10. The van der Waals surface area contributed by atoms with Crippen LogP contribution in [0.2, 0.25) is 0 Å². The summed E-state index contributed by atoms with van der Waals surface area (Å²) in [5.41, 5.74) is -0.306. The van der Waals surface area contributed by atoms with Gasteiger partial charge in [0.25, 0.3) is 0 Å². The lowest BCUT2D eigenvalue weighted by molar-refractivity contribution is -0.137. The lowest BCUT2D eigenvalue weighted by Crippen LogP contribution is -2.28. The Morgan fingerprint density at radius 1 is 1.19 bits per heavy atom. The number of carbonyl (C=O) groups excluding carboxylic acids is 1. The van der Waals surface area contributed by atoms with Crippen LogP contribution in [0.15, 0.2) is 53.4 Å². The largest absolute Gasteiger partial charge is 0.494 e. The third kappa shape index (κ3) is 5.98. The Bertz CT molecular complexity index is 732. The highest BCUT2D eigenvalue weighted by atomic mass is 32.2. The molecule has 0 fully saturated rings. The van der Waals surface area contributed by atoms with E-state index in [2.05, 4.69) is 5.32 Å². The van der Waals surface area contributed by atoms with E-state index in [0.29, 0.717) is 12.2 Å². The van der Waals surface area contributed by atoms with Gasteiger partial charge in [-0.05, 0) is 55.8 Å². The maximum Gasteiger partial charge on any atom is 0.416 e. The predicted molar refractivity (Wildman–Crippen MR) is 96.3 cm³/mol. The molecule has 7 heteroatoms. The van der Waals surface area contributed by atoms with Crippen LogP contribution in [0.25, 0.3) is 0 Å². The Kier molecular flexibility index (Phi) is 6.97. The van der Waals surface area contributed by atoms with E-state index in [9.17, 15) is 18.0 Å². The summed E-state index contributed by atoms with van der Waals surface area (Å²) in [5.74, 6) is 0.699. The van der Waals surface area contributed by atoms with Gasteiger partial charge < -0.3 is 10.1 Å². The minimum Gasteiger partial charge on any atom is -0.494 e. The molecule has 0 saturated heterocycles. The van der Waals surface area contributed by atoms with Gasteiger partial charge in [-0.25, -0.2) is 0 Å². The number of alkyl halides is 3. The Labute approximate surface area is 154 Å². The van der Waals surface area contributed by atoms with Gasteiger partial charge in [0.05, 0.1) is 24.0 Å². The molecule has 0 radical (unpaired) electrons. The molecule has 2 rings (SSSR count). The Hall–Kier alpha value is -2.15. The van der Waals surface area contributed by atoms with Crippen molar-refractivity contribution in [3.63, 3.8) is 0 Å². The maximum absolute atomic E-state index is 12.8. The van der Waals surface area contributed by atoms with Gasteiger partial charge in [-0.15, -0.1) is 11.8 Å². The molecule has 1 atom stereocenters. The highest BCUT2D eigenvalue weighted by Gasteiger charge is 2.30. The average molecular weight is 383 g/mol. The van der Waals surface area contributed by atoms with Crippen LogP contribution in [0.1, 0.15) is 31.0 Å². The second-order valence-electron chi connectivity index (χ2n) is 5.61. The second kappa shape index (κ2) is 8.98. The monoisotopic (exact) mass is 383 g/mol.